The number of aromatic nitrogens is 2. The van der Waals surface area contributed by atoms with Crippen LogP contribution < -0.4 is 15.0 Å². The van der Waals surface area contributed by atoms with E-state index in [2.05, 4.69) is 10.2 Å². The second kappa shape index (κ2) is 10.3. The van der Waals surface area contributed by atoms with Gasteiger partial charge in [-0.1, -0.05) is 0 Å². The van der Waals surface area contributed by atoms with Gasteiger partial charge in [-0.15, -0.1) is 0 Å². The fraction of sp³-hybridized carbons (Fsp3) is 0.545. The van der Waals surface area contributed by atoms with Crippen molar-refractivity contribution in [2.75, 3.05) is 35.7 Å². The molecule has 1 unspecified atom stereocenters. The maximum Gasteiger partial charge on any atom is 0.172 e. The van der Waals surface area contributed by atoms with Crippen molar-refractivity contribution in [2.45, 2.75) is 51.8 Å². The van der Waals surface area contributed by atoms with Crippen molar-refractivity contribution in [1.29, 1.82) is 0 Å². The SMILES string of the molecule is CC(C)Nc1nc2c(nc1N1CCC(Oc3ccc(F)cc3F)CC1)CCN(CS(=O)O)C2. The second-order valence-corrected chi connectivity index (χ2v) is 9.62. The predicted molar refractivity (Wildman–Crippen MR) is 123 cm³/mol. The molecule has 4 rings (SSSR count). The molecule has 180 valence electrons. The molecule has 1 atom stereocenters. The van der Waals surface area contributed by atoms with Crippen molar-refractivity contribution in [1.82, 2.24) is 14.9 Å². The van der Waals surface area contributed by atoms with Crippen molar-refractivity contribution < 1.29 is 22.3 Å². The summed E-state index contributed by atoms with van der Waals surface area (Å²) < 4.78 is 53.3. The standard InChI is InChI=1S/C22H29F2N5O3S/c1-14(2)25-21-22(27-18-7-8-28(13-33(30)31)12-19(18)26-21)29-9-5-16(6-10-29)32-20-4-3-15(23)11-17(20)24/h3-4,11,14,16H,5-10,12-13H2,1-2H3,(H,25,26)(H,30,31). The summed E-state index contributed by atoms with van der Waals surface area (Å²) in [6.45, 7) is 6.55. The van der Waals surface area contributed by atoms with Gasteiger partial charge in [0.25, 0.3) is 0 Å². The van der Waals surface area contributed by atoms with Gasteiger partial charge in [0.05, 0.1) is 11.4 Å². The molecular weight excluding hydrogens is 452 g/mol. The fourth-order valence-corrected chi connectivity index (χ4v) is 4.70. The summed E-state index contributed by atoms with van der Waals surface area (Å²) >= 11 is -1.88. The van der Waals surface area contributed by atoms with E-state index in [1.807, 2.05) is 18.7 Å². The Bertz CT molecular complexity index is 1020. The molecule has 3 heterocycles. The smallest absolute Gasteiger partial charge is 0.172 e. The summed E-state index contributed by atoms with van der Waals surface area (Å²) in [5, 5.41) is 3.38. The van der Waals surface area contributed by atoms with Crippen LogP contribution in [0.1, 0.15) is 38.1 Å². The third-order valence-corrected chi connectivity index (χ3v) is 6.30. The van der Waals surface area contributed by atoms with E-state index in [-0.39, 0.29) is 23.8 Å². The van der Waals surface area contributed by atoms with E-state index in [1.165, 1.54) is 12.1 Å². The number of benzene rings is 1. The van der Waals surface area contributed by atoms with Crippen LogP contribution in [-0.2, 0) is 24.0 Å². The second-order valence-electron chi connectivity index (χ2n) is 8.72. The van der Waals surface area contributed by atoms with Gasteiger partial charge in [-0.05, 0) is 26.0 Å². The first-order valence-corrected chi connectivity index (χ1v) is 12.4. The van der Waals surface area contributed by atoms with Gasteiger partial charge in [0.2, 0.25) is 0 Å². The van der Waals surface area contributed by atoms with Gasteiger partial charge < -0.3 is 19.5 Å². The van der Waals surface area contributed by atoms with E-state index < -0.39 is 22.7 Å². The van der Waals surface area contributed by atoms with E-state index >= 15 is 0 Å². The number of fused-ring (bicyclic) bond motifs is 1. The van der Waals surface area contributed by atoms with Gasteiger partial charge in [-0.25, -0.2) is 23.0 Å². The summed E-state index contributed by atoms with van der Waals surface area (Å²) in [6.07, 6.45) is 1.85. The fourth-order valence-electron chi connectivity index (χ4n) is 4.17. The largest absolute Gasteiger partial charge is 0.487 e. The Morgan fingerprint density at radius 2 is 1.97 bits per heavy atom. The third kappa shape index (κ3) is 5.96. The molecule has 2 aliphatic heterocycles. The van der Waals surface area contributed by atoms with Gasteiger partial charge in [0.1, 0.15) is 17.8 Å². The van der Waals surface area contributed by atoms with Crippen LogP contribution in [0, 0.1) is 11.6 Å². The molecule has 11 heteroatoms. The first-order chi connectivity index (χ1) is 15.8. The molecule has 0 spiro atoms. The highest BCUT2D eigenvalue weighted by Crippen LogP contribution is 2.30. The minimum atomic E-state index is -1.88. The summed E-state index contributed by atoms with van der Waals surface area (Å²) in [5.74, 6) is 0.323. The lowest BCUT2D eigenvalue weighted by atomic mass is 10.1. The van der Waals surface area contributed by atoms with Crippen LogP contribution in [0.4, 0.5) is 20.4 Å². The Balaban J connectivity index is 1.47. The van der Waals surface area contributed by atoms with Crippen LogP contribution in [0.15, 0.2) is 18.2 Å². The van der Waals surface area contributed by atoms with E-state index in [0.717, 1.165) is 23.3 Å². The number of ether oxygens (including phenoxy) is 1. The minimum Gasteiger partial charge on any atom is -0.487 e. The van der Waals surface area contributed by atoms with Gasteiger partial charge in [-0.2, -0.15) is 0 Å². The van der Waals surface area contributed by atoms with E-state index in [4.69, 9.17) is 14.7 Å². The molecule has 8 nitrogen and oxygen atoms in total. The topological polar surface area (TPSA) is 90.8 Å². The molecule has 1 aromatic heterocycles. The highest BCUT2D eigenvalue weighted by molar-refractivity contribution is 7.79. The Hall–Kier alpha value is -2.37. The lowest BCUT2D eigenvalue weighted by Crippen LogP contribution is -2.40. The lowest BCUT2D eigenvalue weighted by Gasteiger charge is -2.35. The zero-order valence-electron chi connectivity index (χ0n) is 18.8. The Morgan fingerprint density at radius 1 is 1.21 bits per heavy atom. The number of hydrogen-bond donors (Lipinski definition) is 2. The van der Waals surface area contributed by atoms with Crippen molar-refractivity contribution in [3.63, 3.8) is 0 Å². The molecule has 2 N–H and O–H groups in total. The summed E-state index contributed by atoms with van der Waals surface area (Å²) in [4.78, 5) is 13.8. The Labute approximate surface area is 194 Å². The predicted octanol–water partition coefficient (Wildman–Crippen LogP) is 3.16. The Kier molecular flexibility index (Phi) is 7.40. The van der Waals surface area contributed by atoms with E-state index in [1.54, 1.807) is 0 Å². The van der Waals surface area contributed by atoms with Crippen molar-refractivity contribution >= 4 is 22.7 Å². The minimum absolute atomic E-state index is 0.0685. The van der Waals surface area contributed by atoms with Gasteiger partial charge in [0.15, 0.2) is 34.3 Å². The highest BCUT2D eigenvalue weighted by Gasteiger charge is 2.28. The molecule has 33 heavy (non-hydrogen) atoms. The van der Waals surface area contributed by atoms with Crippen LogP contribution in [0.2, 0.25) is 0 Å². The maximum atomic E-state index is 13.9. The molecular formula is C22H29F2N5O3S. The molecule has 0 amide bonds. The molecule has 1 fully saturated rings. The van der Waals surface area contributed by atoms with Crippen molar-refractivity contribution in [3.8, 4) is 5.75 Å². The number of anilines is 2. The molecule has 0 aliphatic carbocycles. The Morgan fingerprint density at radius 3 is 2.64 bits per heavy atom. The monoisotopic (exact) mass is 481 g/mol. The third-order valence-electron chi connectivity index (χ3n) is 5.72. The summed E-state index contributed by atoms with van der Waals surface area (Å²) in [5.41, 5.74) is 1.73. The normalized spacial score (nSPS) is 18.3. The first kappa shape index (κ1) is 23.8. The van der Waals surface area contributed by atoms with Gasteiger partial charge >= 0.3 is 0 Å². The van der Waals surface area contributed by atoms with Crippen LogP contribution in [0.25, 0.3) is 0 Å². The molecule has 0 saturated carbocycles. The quantitative estimate of drug-likeness (QED) is 0.583. The van der Waals surface area contributed by atoms with E-state index in [9.17, 15) is 17.5 Å². The van der Waals surface area contributed by atoms with Crippen LogP contribution >= 0.6 is 0 Å². The van der Waals surface area contributed by atoms with Crippen LogP contribution in [0.3, 0.4) is 0 Å². The highest BCUT2D eigenvalue weighted by atomic mass is 32.2. The molecule has 1 aromatic carbocycles. The zero-order chi connectivity index (χ0) is 23.5. The zero-order valence-corrected chi connectivity index (χ0v) is 19.6. The van der Waals surface area contributed by atoms with Crippen molar-refractivity contribution in [3.05, 3.63) is 41.2 Å². The molecule has 2 aliphatic rings. The molecule has 1 saturated heterocycles. The first-order valence-electron chi connectivity index (χ1n) is 11.1. The number of piperidine rings is 1. The van der Waals surface area contributed by atoms with Gasteiger partial charge in [-0.3, -0.25) is 4.90 Å². The van der Waals surface area contributed by atoms with Gasteiger partial charge in [0, 0.05) is 57.5 Å². The number of nitrogens with zero attached hydrogens (tertiary/aromatic N) is 4. The molecule has 0 bridgehead atoms. The summed E-state index contributed by atoms with van der Waals surface area (Å²) in [6, 6.07) is 3.50. The molecule has 2 aromatic rings. The lowest BCUT2D eigenvalue weighted by molar-refractivity contribution is 0.163. The average molecular weight is 482 g/mol. The van der Waals surface area contributed by atoms with Crippen LogP contribution in [-0.4, -0.2) is 61.3 Å². The number of nitrogens with one attached hydrogen (secondary N) is 1. The van der Waals surface area contributed by atoms with E-state index in [0.29, 0.717) is 51.3 Å². The van der Waals surface area contributed by atoms with Crippen molar-refractivity contribution in [2.24, 2.45) is 0 Å². The summed E-state index contributed by atoms with van der Waals surface area (Å²) in [7, 11) is 0. The average Bonchev–Trinajstić information content (AvgIpc) is 2.75. The number of rotatable bonds is 7. The number of hydrogen-bond acceptors (Lipinski definition) is 7. The molecule has 0 radical (unpaired) electrons. The van der Waals surface area contributed by atoms with Crippen LogP contribution in [0.5, 0.6) is 5.75 Å². The maximum absolute atomic E-state index is 13.9. The number of halogens is 2.